The molecule has 0 saturated carbocycles. The van der Waals surface area contributed by atoms with Crippen LogP contribution in [-0.4, -0.2) is 18.2 Å². The summed E-state index contributed by atoms with van der Waals surface area (Å²) < 4.78 is 0. The van der Waals surface area contributed by atoms with Gasteiger partial charge in [-0.2, -0.15) is 0 Å². The molecule has 0 spiro atoms. The van der Waals surface area contributed by atoms with Gasteiger partial charge in [0.15, 0.2) is 0 Å². The first-order valence-corrected chi connectivity index (χ1v) is 7.91. The topological polar surface area (TPSA) is 23.5 Å². The zero-order chi connectivity index (χ0) is 15.8. The molecule has 0 aromatic heterocycles. The molecule has 1 aliphatic carbocycles. The fraction of sp³-hybridized carbons (Fsp3) is 0.143. The van der Waals surface area contributed by atoms with Crippen LogP contribution in [0.1, 0.15) is 17.2 Å². The van der Waals surface area contributed by atoms with Gasteiger partial charge in [-0.05, 0) is 22.6 Å². The molecule has 0 unspecified atom stereocenters. The van der Waals surface area contributed by atoms with Gasteiger partial charge in [0.2, 0.25) is 0 Å². The summed E-state index contributed by atoms with van der Waals surface area (Å²) in [6.07, 6.45) is 3.67. The van der Waals surface area contributed by atoms with E-state index < -0.39 is 6.10 Å². The second-order valence-electron chi connectivity index (χ2n) is 6.03. The molecule has 0 fully saturated rings. The summed E-state index contributed by atoms with van der Waals surface area (Å²) in [5.41, 5.74) is 3.23. The molecule has 1 N–H and O–H groups in total. The van der Waals surface area contributed by atoms with Gasteiger partial charge in [0.05, 0.1) is 6.04 Å². The largest absolute Gasteiger partial charge is 0.386 e. The van der Waals surface area contributed by atoms with Crippen LogP contribution in [0.4, 0.5) is 5.69 Å². The van der Waals surface area contributed by atoms with Gasteiger partial charge in [0.1, 0.15) is 6.10 Å². The second-order valence-corrected chi connectivity index (χ2v) is 6.03. The van der Waals surface area contributed by atoms with E-state index in [0.29, 0.717) is 0 Å². The monoisotopic (exact) mass is 301 g/mol. The second kappa shape index (κ2) is 5.56. The Kier molecular flexibility index (Phi) is 3.40. The summed E-state index contributed by atoms with van der Waals surface area (Å²) in [6, 6.07) is 22.6. The Morgan fingerprint density at radius 1 is 0.870 bits per heavy atom. The standard InChI is InChI=1S/C21H19NO/c1-22(19-12-6-9-15-7-2-4-10-17(15)19)20-14-13-16-8-3-5-11-18(16)21(20)23/h2-14,20-21,23H,1H3/t20-,21-/m0/s1. The van der Waals surface area contributed by atoms with E-state index >= 15 is 0 Å². The van der Waals surface area contributed by atoms with Crippen molar-refractivity contribution in [2.75, 3.05) is 11.9 Å². The minimum Gasteiger partial charge on any atom is -0.386 e. The molecule has 0 bridgehead atoms. The van der Waals surface area contributed by atoms with Gasteiger partial charge in [-0.25, -0.2) is 0 Å². The quantitative estimate of drug-likeness (QED) is 0.758. The van der Waals surface area contributed by atoms with Crippen LogP contribution in [0.3, 0.4) is 0 Å². The number of hydrogen-bond acceptors (Lipinski definition) is 2. The lowest BCUT2D eigenvalue weighted by molar-refractivity contribution is 0.159. The Balaban J connectivity index is 1.76. The lowest BCUT2D eigenvalue weighted by Gasteiger charge is -2.35. The highest BCUT2D eigenvalue weighted by molar-refractivity contribution is 5.94. The zero-order valence-electron chi connectivity index (χ0n) is 13.1. The number of hydrogen-bond donors (Lipinski definition) is 1. The van der Waals surface area contributed by atoms with E-state index in [2.05, 4.69) is 59.5 Å². The first-order chi connectivity index (χ1) is 11.3. The van der Waals surface area contributed by atoms with Crippen molar-refractivity contribution in [2.24, 2.45) is 0 Å². The maximum atomic E-state index is 10.8. The molecule has 0 saturated heterocycles. The normalized spacial score (nSPS) is 19.6. The summed E-state index contributed by atoms with van der Waals surface area (Å²) in [7, 11) is 2.05. The molecule has 2 nitrogen and oxygen atoms in total. The average Bonchev–Trinajstić information content (AvgIpc) is 2.61. The van der Waals surface area contributed by atoms with Crippen LogP contribution in [0, 0.1) is 0 Å². The first kappa shape index (κ1) is 14.0. The van der Waals surface area contributed by atoms with Crippen molar-refractivity contribution in [3.63, 3.8) is 0 Å². The number of fused-ring (bicyclic) bond motifs is 2. The summed E-state index contributed by atoms with van der Waals surface area (Å²) in [6.45, 7) is 0. The van der Waals surface area contributed by atoms with Crippen molar-refractivity contribution in [1.29, 1.82) is 0 Å². The van der Waals surface area contributed by atoms with Crippen LogP contribution in [0.2, 0.25) is 0 Å². The van der Waals surface area contributed by atoms with E-state index in [9.17, 15) is 5.11 Å². The zero-order valence-corrected chi connectivity index (χ0v) is 13.1. The van der Waals surface area contributed by atoms with Gasteiger partial charge in [-0.15, -0.1) is 0 Å². The average molecular weight is 301 g/mol. The highest BCUT2D eigenvalue weighted by Crippen LogP contribution is 2.35. The van der Waals surface area contributed by atoms with Crippen molar-refractivity contribution in [2.45, 2.75) is 12.1 Å². The number of benzene rings is 3. The minimum atomic E-state index is -0.528. The van der Waals surface area contributed by atoms with Crippen molar-refractivity contribution >= 4 is 22.5 Å². The van der Waals surface area contributed by atoms with E-state index in [4.69, 9.17) is 0 Å². The number of aliphatic hydroxyl groups excluding tert-OH is 1. The summed E-state index contributed by atoms with van der Waals surface area (Å²) in [4.78, 5) is 2.17. The van der Waals surface area contributed by atoms with Gasteiger partial charge in [-0.3, -0.25) is 0 Å². The predicted molar refractivity (Wildman–Crippen MR) is 96.6 cm³/mol. The smallest absolute Gasteiger partial charge is 0.103 e. The molecule has 23 heavy (non-hydrogen) atoms. The van der Waals surface area contributed by atoms with Gasteiger partial charge in [0, 0.05) is 18.1 Å². The van der Waals surface area contributed by atoms with Crippen LogP contribution >= 0.6 is 0 Å². The molecule has 0 radical (unpaired) electrons. The molecule has 1 aliphatic rings. The molecule has 3 aromatic rings. The van der Waals surface area contributed by atoms with Crippen LogP contribution in [0.5, 0.6) is 0 Å². The van der Waals surface area contributed by atoms with Crippen molar-refractivity contribution < 1.29 is 5.11 Å². The number of likely N-dealkylation sites (N-methyl/N-ethyl adjacent to an activating group) is 1. The fourth-order valence-corrected chi connectivity index (χ4v) is 3.44. The summed E-state index contributed by atoms with van der Waals surface area (Å²) >= 11 is 0. The summed E-state index contributed by atoms with van der Waals surface area (Å²) in [5.74, 6) is 0. The molecule has 3 aromatic carbocycles. The van der Waals surface area contributed by atoms with Crippen LogP contribution in [-0.2, 0) is 0 Å². The van der Waals surface area contributed by atoms with E-state index in [-0.39, 0.29) is 6.04 Å². The number of anilines is 1. The van der Waals surface area contributed by atoms with Gasteiger partial charge < -0.3 is 10.0 Å². The van der Waals surface area contributed by atoms with E-state index in [1.165, 1.54) is 10.8 Å². The minimum absolute atomic E-state index is 0.0734. The van der Waals surface area contributed by atoms with Crippen molar-refractivity contribution in [1.82, 2.24) is 0 Å². The lowest BCUT2D eigenvalue weighted by Crippen LogP contribution is -2.37. The molecule has 114 valence electrons. The Bertz CT molecular complexity index is 878. The van der Waals surface area contributed by atoms with E-state index in [1.54, 1.807) is 0 Å². The first-order valence-electron chi connectivity index (χ1n) is 7.91. The lowest BCUT2D eigenvalue weighted by atomic mass is 9.90. The number of nitrogens with zero attached hydrogens (tertiary/aromatic N) is 1. The third-order valence-electron chi connectivity index (χ3n) is 4.70. The number of aliphatic hydroxyl groups is 1. The van der Waals surface area contributed by atoms with Crippen molar-refractivity contribution in [3.8, 4) is 0 Å². The highest BCUT2D eigenvalue weighted by atomic mass is 16.3. The molecule has 2 heteroatoms. The van der Waals surface area contributed by atoms with Crippen LogP contribution in [0.15, 0.2) is 72.8 Å². The van der Waals surface area contributed by atoms with E-state index in [1.807, 2.05) is 31.3 Å². The molecule has 4 rings (SSSR count). The Morgan fingerprint density at radius 3 is 2.52 bits per heavy atom. The van der Waals surface area contributed by atoms with E-state index in [0.717, 1.165) is 16.8 Å². The van der Waals surface area contributed by atoms with Crippen molar-refractivity contribution in [3.05, 3.63) is 83.9 Å². The van der Waals surface area contributed by atoms with Gasteiger partial charge in [-0.1, -0.05) is 72.8 Å². The molecule has 0 heterocycles. The Morgan fingerprint density at radius 2 is 1.61 bits per heavy atom. The molecular weight excluding hydrogens is 282 g/mol. The maximum absolute atomic E-state index is 10.8. The van der Waals surface area contributed by atoms with Gasteiger partial charge in [0.25, 0.3) is 0 Å². The Labute approximate surface area is 136 Å². The molecular formula is C21H19NO. The van der Waals surface area contributed by atoms with Crippen LogP contribution < -0.4 is 4.90 Å². The van der Waals surface area contributed by atoms with Gasteiger partial charge >= 0.3 is 0 Å². The molecule has 2 atom stereocenters. The molecule has 0 amide bonds. The SMILES string of the molecule is CN(c1cccc2ccccc12)[C@H]1C=Cc2ccccc2[C@@H]1O. The maximum Gasteiger partial charge on any atom is 0.103 e. The number of rotatable bonds is 2. The third kappa shape index (κ3) is 2.32. The predicted octanol–water partition coefficient (Wildman–Crippen LogP) is 4.41. The summed E-state index contributed by atoms with van der Waals surface area (Å²) in [5, 5.41) is 13.3. The highest BCUT2D eigenvalue weighted by Gasteiger charge is 2.27. The fourth-order valence-electron chi connectivity index (χ4n) is 3.44. The van der Waals surface area contributed by atoms with Crippen LogP contribution in [0.25, 0.3) is 16.8 Å². The Hall–Kier alpha value is -2.58. The third-order valence-corrected chi connectivity index (χ3v) is 4.70. The molecule has 0 aliphatic heterocycles.